The molecule has 0 radical (unpaired) electrons. The number of thioether (sulfide) groups is 1. The maximum atomic E-state index is 6.23. The molecule has 2 heterocycles. The van der Waals surface area contributed by atoms with Crippen LogP contribution in [0.15, 0.2) is 34.8 Å². The Hall–Kier alpha value is -0.620. The first-order valence-electron chi connectivity index (χ1n) is 6.23. The molecule has 1 fully saturated rings. The minimum absolute atomic E-state index is 0.0817. The molecule has 104 valence electrons. The maximum absolute atomic E-state index is 6.23. The van der Waals surface area contributed by atoms with Gasteiger partial charge in [0.1, 0.15) is 11.3 Å². The van der Waals surface area contributed by atoms with Gasteiger partial charge in [-0.3, -0.25) is 0 Å². The molecule has 0 amide bonds. The zero-order valence-electron chi connectivity index (χ0n) is 10.6. The number of aromatic nitrogens is 2. The smallest absolute Gasteiger partial charge is 0.160 e. The van der Waals surface area contributed by atoms with Gasteiger partial charge in [0.2, 0.25) is 0 Å². The summed E-state index contributed by atoms with van der Waals surface area (Å²) in [6.45, 7) is 0.729. The van der Waals surface area contributed by atoms with Crippen LogP contribution in [0.2, 0.25) is 5.15 Å². The molecule has 1 aliphatic heterocycles. The standard InChI is InChI=1S/C14H12BrClN2OS/c15-11-12(9-4-2-1-3-5-9)17-14(18-13(11)16)10-8-20-7-6-19-10/h1-5,10H,6-8H2. The Kier molecular flexibility index (Phi) is 4.61. The van der Waals surface area contributed by atoms with Gasteiger partial charge in [0.25, 0.3) is 0 Å². The zero-order valence-corrected chi connectivity index (χ0v) is 13.7. The zero-order chi connectivity index (χ0) is 13.9. The first-order valence-corrected chi connectivity index (χ1v) is 8.56. The molecule has 1 atom stereocenters. The van der Waals surface area contributed by atoms with Crippen molar-refractivity contribution in [3.8, 4) is 11.3 Å². The van der Waals surface area contributed by atoms with Gasteiger partial charge in [-0.05, 0) is 15.9 Å². The van der Waals surface area contributed by atoms with E-state index in [1.807, 2.05) is 42.1 Å². The number of hydrogen-bond donors (Lipinski definition) is 0. The van der Waals surface area contributed by atoms with Gasteiger partial charge in [-0.2, -0.15) is 11.8 Å². The summed E-state index contributed by atoms with van der Waals surface area (Å²) in [6, 6.07) is 9.93. The van der Waals surface area contributed by atoms with Gasteiger partial charge in [-0.25, -0.2) is 9.97 Å². The quantitative estimate of drug-likeness (QED) is 0.735. The summed E-state index contributed by atoms with van der Waals surface area (Å²) in [5.41, 5.74) is 1.81. The van der Waals surface area contributed by atoms with Gasteiger partial charge in [0.05, 0.1) is 16.8 Å². The molecular formula is C14H12BrClN2OS. The van der Waals surface area contributed by atoms with Crippen molar-refractivity contribution in [1.29, 1.82) is 0 Å². The fourth-order valence-corrected chi connectivity index (χ4v) is 3.43. The highest BCUT2D eigenvalue weighted by molar-refractivity contribution is 9.10. The Balaban J connectivity index is 2.03. The van der Waals surface area contributed by atoms with E-state index in [4.69, 9.17) is 16.3 Å². The van der Waals surface area contributed by atoms with E-state index >= 15 is 0 Å². The predicted octanol–water partition coefficient (Wildman–Crippen LogP) is 4.36. The normalized spacial score (nSPS) is 19.0. The topological polar surface area (TPSA) is 35.0 Å². The molecule has 2 aromatic rings. The molecule has 1 unspecified atom stereocenters. The number of hydrogen-bond acceptors (Lipinski definition) is 4. The van der Waals surface area contributed by atoms with Crippen LogP contribution in [0, 0.1) is 0 Å². The third-order valence-electron chi connectivity index (χ3n) is 2.98. The molecule has 0 N–H and O–H groups in total. The summed E-state index contributed by atoms with van der Waals surface area (Å²) < 4.78 is 6.45. The van der Waals surface area contributed by atoms with Crippen LogP contribution < -0.4 is 0 Å². The third kappa shape index (κ3) is 3.01. The minimum Gasteiger partial charge on any atom is -0.368 e. The molecule has 0 saturated carbocycles. The van der Waals surface area contributed by atoms with E-state index in [1.54, 1.807) is 0 Å². The molecule has 0 aliphatic carbocycles. The second-order valence-corrected chi connectivity index (χ2v) is 6.64. The van der Waals surface area contributed by atoms with Gasteiger partial charge >= 0.3 is 0 Å². The SMILES string of the molecule is Clc1nc(C2CSCCO2)nc(-c2ccccc2)c1Br. The number of rotatable bonds is 2. The van der Waals surface area contributed by atoms with Crippen molar-refractivity contribution < 1.29 is 4.74 Å². The Labute approximate surface area is 135 Å². The summed E-state index contributed by atoms with van der Waals surface area (Å²) in [7, 11) is 0. The van der Waals surface area contributed by atoms with E-state index in [-0.39, 0.29) is 6.10 Å². The molecule has 0 spiro atoms. The molecule has 1 aromatic carbocycles. The number of halogens is 2. The van der Waals surface area contributed by atoms with Crippen molar-refractivity contribution in [3.05, 3.63) is 45.8 Å². The van der Waals surface area contributed by atoms with Gasteiger partial charge in [0.15, 0.2) is 5.82 Å². The number of benzene rings is 1. The first-order chi connectivity index (χ1) is 9.75. The fourth-order valence-electron chi connectivity index (χ4n) is 2.00. The van der Waals surface area contributed by atoms with Crippen LogP contribution >= 0.6 is 39.3 Å². The Bertz CT molecular complexity index is 606. The lowest BCUT2D eigenvalue weighted by atomic mass is 10.1. The van der Waals surface area contributed by atoms with Crippen LogP contribution in [-0.2, 0) is 4.74 Å². The molecule has 1 aromatic heterocycles. The van der Waals surface area contributed by atoms with Gasteiger partial charge < -0.3 is 4.74 Å². The molecule has 20 heavy (non-hydrogen) atoms. The highest BCUT2D eigenvalue weighted by atomic mass is 79.9. The van der Waals surface area contributed by atoms with Crippen molar-refractivity contribution in [1.82, 2.24) is 9.97 Å². The Morgan fingerprint density at radius 3 is 2.75 bits per heavy atom. The van der Waals surface area contributed by atoms with Crippen molar-refractivity contribution in [2.75, 3.05) is 18.1 Å². The minimum atomic E-state index is -0.0817. The van der Waals surface area contributed by atoms with Crippen LogP contribution in [0.5, 0.6) is 0 Å². The molecule has 3 rings (SSSR count). The first kappa shape index (κ1) is 14.3. The molecule has 6 heteroatoms. The highest BCUT2D eigenvalue weighted by Gasteiger charge is 2.22. The second kappa shape index (κ2) is 6.43. The van der Waals surface area contributed by atoms with Gasteiger partial charge in [0, 0.05) is 17.1 Å². The second-order valence-electron chi connectivity index (χ2n) is 4.34. The number of ether oxygens (including phenoxy) is 1. The van der Waals surface area contributed by atoms with Crippen molar-refractivity contribution >= 4 is 39.3 Å². The summed E-state index contributed by atoms with van der Waals surface area (Å²) >= 11 is 11.5. The summed E-state index contributed by atoms with van der Waals surface area (Å²) in [5, 5.41) is 0.424. The van der Waals surface area contributed by atoms with Crippen molar-refractivity contribution in [3.63, 3.8) is 0 Å². The lowest BCUT2D eigenvalue weighted by Crippen LogP contribution is -2.18. The van der Waals surface area contributed by atoms with Crippen LogP contribution in [0.1, 0.15) is 11.9 Å². The molecule has 3 nitrogen and oxygen atoms in total. The largest absolute Gasteiger partial charge is 0.368 e. The van der Waals surface area contributed by atoms with Gasteiger partial charge in [-0.15, -0.1) is 0 Å². The maximum Gasteiger partial charge on any atom is 0.160 e. The summed E-state index contributed by atoms with van der Waals surface area (Å²) in [4.78, 5) is 9.00. The van der Waals surface area contributed by atoms with Crippen LogP contribution in [0.4, 0.5) is 0 Å². The Morgan fingerprint density at radius 2 is 2.05 bits per heavy atom. The van der Waals surface area contributed by atoms with E-state index in [0.29, 0.717) is 11.0 Å². The average molecular weight is 372 g/mol. The molecule has 1 aliphatic rings. The van der Waals surface area contributed by atoms with E-state index in [1.165, 1.54) is 0 Å². The van der Waals surface area contributed by atoms with E-state index in [9.17, 15) is 0 Å². The van der Waals surface area contributed by atoms with Crippen molar-refractivity contribution in [2.24, 2.45) is 0 Å². The summed E-state index contributed by atoms with van der Waals surface area (Å²) in [5.74, 6) is 2.54. The lowest BCUT2D eigenvalue weighted by molar-refractivity contribution is 0.0695. The third-order valence-corrected chi connectivity index (χ3v) is 5.23. The lowest BCUT2D eigenvalue weighted by Gasteiger charge is -2.21. The average Bonchev–Trinajstić information content (AvgIpc) is 2.51. The number of nitrogens with zero attached hydrogens (tertiary/aromatic N) is 2. The fraction of sp³-hybridized carbons (Fsp3) is 0.286. The van der Waals surface area contributed by atoms with Crippen LogP contribution in [0.3, 0.4) is 0 Å². The van der Waals surface area contributed by atoms with Gasteiger partial charge in [-0.1, -0.05) is 41.9 Å². The molecule has 1 saturated heterocycles. The van der Waals surface area contributed by atoms with Crippen molar-refractivity contribution in [2.45, 2.75) is 6.10 Å². The monoisotopic (exact) mass is 370 g/mol. The molecule has 0 bridgehead atoms. The predicted molar refractivity (Wildman–Crippen MR) is 86.2 cm³/mol. The van der Waals surface area contributed by atoms with E-state index in [2.05, 4.69) is 25.9 Å². The molecular weight excluding hydrogens is 360 g/mol. The van der Waals surface area contributed by atoms with E-state index < -0.39 is 0 Å². The van der Waals surface area contributed by atoms with Crippen LogP contribution in [0.25, 0.3) is 11.3 Å². The van der Waals surface area contributed by atoms with E-state index in [0.717, 1.165) is 33.8 Å². The Morgan fingerprint density at radius 1 is 1.25 bits per heavy atom. The highest BCUT2D eigenvalue weighted by Crippen LogP contribution is 2.34. The summed E-state index contributed by atoms with van der Waals surface area (Å²) in [6.07, 6.45) is -0.0817. The van der Waals surface area contributed by atoms with Crippen LogP contribution in [-0.4, -0.2) is 28.1 Å².